The molecule has 4 rings (SSSR count). The van der Waals surface area contributed by atoms with Crippen LogP contribution in [-0.2, 0) is 20.9 Å². The van der Waals surface area contributed by atoms with Gasteiger partial charge in [0.15, 0.2) is 6.29 Å². The molecule has 1 amide bonds. The van der Waals surface area contributed by atoms with Crippen LogP contribution in [0.5, 0.6) is 5.75 Å². The number of likely N-dealkylation sites (tertiary alicyclic amines) is 1. The van der Waals surface area contributed by atoms with Gasteiger partial charge in [-0.2, -0.15) is 0 Å². The van der Waals surface area contributed by atoms with E-state index < -0.39 is 0 Å². The Balaban J connectivity index is 1.16. The van der Waals surface area contributed by atoms with E-state index in [-0.39, 0.29) is 12.2 Å². The Morgan fingerprint density at radius 1 is 1.15 bits per heavy atom. The fourth-order valence-electron chi connectivity index (χ4n) is 3.94. The molecule has 0 bridgehead atoms. The summed E-state index contributed by atoms with van der Waals surface area (Å²) in [6.45, 7) is 5.03. The SMILES string of the molecule is O=C(C=Cc1cnc(NCCOc2ccccc2CN2CCCC2)cn1)NOC1CCCCO1. The third kappa shape index (κ3) is 7.79. The third-order valence-electron chi connectivity index (χ3n) is 5.74. The van der Waals surface area contributed by atoms with Crippen LogP contribution < -0.4 is 15.5 Å². The first-order valence-electron chi connectivity index (χ1n) is 12.0. The van der Waals surface area contributed by atoms with Gasteiger partial charge in [-0.15, -0.1) is 0 Å². The molecule has 0 saturated carbocycles. The van der Waals surface area contributed by atoms with Crippen molar-refractivity contribution in [1.29, 1.82) is 0 Å². The highest BCUT2D eigenvalue weighted by Gasteiger charge is 2.15. The second kappa shape index (κ2) is 13.0. The Bertz CT molecular complexity index is 925. The lowest BCUT2D eigenvalue weighted by atomic mass is 10.2. The fraction of sp³-hybridized carbons (Fsp3) is 0.480. The molecule has 0 aliphatic carbocycles. The molecule has 34 heavy (non-hydrogen) atoms. The summed E-state index contributed by atoms with van der Waals surface area (Å²) >= 11 is 0. The molecule has 2 aromatic rings. The lowest BCUT2D eigenvalue weighted by Gasteiger charge is -2.21. The number of para-hydroxylation sites is 1. The van der Waals surface area contributed by atoms with Crippen molar-refractivity contribution in [2.45, 2.75) is 44.9 Å². The normalized spacial score (nSPS) is 18.8. The molecule has 2 N–H and O–H groups in total. The van der Waals surface area contributed by atoms with Crippen LogP contribution in [-0.4, -0.2) is 59.9 Å². The standard InChI is InChI=1S/C25H33N5O4/c31-24(29-34-25-9-3-6-15-33-25)11-10-21-17-28-23(18-27-21)26-12-16-32-22-8-2-1-7-20(22)19-30-13-4-5-14-30/h1-2,7-8,10-11,17-18,25H,3-6,9,12-16,19H2,(H,26,28)(H,29,31). The minimum Gasteiger partial charge on any atom is -0.491 e. The number of ether oxygens (including phenoxy) is 2. The number of nitrogens with one attached hydrogen (secondary N) is 2. The number of amides is 1. The lowest BCUT2D eigenvalue weighted by Crippen LogP contribution is -2.32. The maximum atomic E-state index is 11.9. The topological polar surface area (TPSA) is 97.8 Å². The van der Waals surface area contributed by atoms with Gasteiger partial charge in [-0.05, 0) is 50.9 Å². The van der Waals surface area contributed by atoms with Gasteiger partial charge in [0.05, 0.1) is 24.6 Å². The van der Waals surface area contributed by atoms with E-state index in [1.54, 1.807) is 18.5 Å². The molecular formula is C25H33N5O4. The Labute approximate surface area is 200 Å². The first kappa shape index (κ1) is 24.1. The molecule has 2 aliphatic rings. The largest absolute Gasteiger partial charge is 0.491 e. The number of hydroxylamine groups is 1. The number of nitrogens with zero attached hydrogens (tertiary/aromatic N) is 3. The van der Waals surface area contributed by atoms with Crippen molar-refractivity contribution < 1.29 is 19.1 Å². The lowest BCUT2D eigenvalue weighted by molar-refractivity contribution is -0.198. The molecule has 9 nitrogen and oxygen atoms in total. The Hall–Kier alpha value is -3.01. The molecular weight excluding hydrogens is 434 g/mol. The number of rotatable bonds is 11. The summed E-state index contributed by atoms with van der Waals surface area (Å²) in [6, 6.07) is 8.22. The predicted molar refractivity (Wildman–Crippen MR) is 129 cm³/mol. The van der Waals surface area contributed by atoms with E-state index in [0.717, 1.165) is 44.6 Å². The molecule has 9 heteroatoms. The molecule has 1 aromatic heterocycles. The number of aromatic nitrogens is 2. The summed E-state index contributed by atoms with van der Waals surface area (Å²) in [5, 5.41) is 3.21. The summed E-state index contributed by atoms with van der Waals surface area (Å²) < 4.78 is 11.4. The van der Waals surface area contributed by atoms with Gasteiger partial charge in [0.2, 0.25) is 0 Å². The zero-order valence-corrected chi connectivity index (χ0v) is 19.4. The number of anilines is 1. The highest BCUT2D eigenvalue weighted by Crippen LogP contribution is 2.22. The van der Waals surface area contributed by atoms with E-state index in [1.807, 2.05) is 12.1 Å². The van der Waals surface area contributed by atoms with Crippen molar-refractivity contribution in [2.24, 2.45) is 0 Å². The minimum atomic E-state index is -0.376. The predicted octanol–water partition coefficient (Wildman–Crippen LogP) is 3.15. The van der Waals surface area contributed by atoms with Crippen LogP contribution in [0.2, 0.25) is 0 Å². The van der Waals surface area contributed by atoms with E-state index in [0.29, 0.717) is 31.3 Å². The quantitative estimate of drug-likeness (QED) is 0.296. The van der Waals surface area contributed by atoms with Crippen molar-refractivity contribution >= 4 is 17.8 Å². The molecule has 2 fully saturated rings. The monoisotopic (exact) mass is 467 g/mol. The average Bonchev–Trinajstić information content (AvgIpc) is 3.39. The average molecular weight is 468 g/mol. The van der Waals surface area contributed by atoms with Gasteiger partial charge in [-0.25, -0.2) is 15.3 Å². The first-order chi connectivity index (χ1) is 16.8. The van der Waals surface area contributed by atoms with Crippen molar-refractivity contribution in [1.82, 2.24) is 20.3 Å². The number of carbonyl (C=O) groups is 1. The summed E-state index contributed by atoms with van der Waals surface area (Å²) in [7, 11) is 0. The third-order valence-corrected chi connectivity index (χ3v) is 5.74. The van der Waals surface area contributed by atoms with Crippen LogP contribution in [0.3, 0.4) is 0 Å². The van der Waals surface area contributed by atoms with Gasteiger partial charge < -0.3 is 14.8 Å². The highest BCUT2D eigenvalue weighted by atomic mass is 16.8. The number of carbonyl (C=O) groups excluding carboxylic acids is 1. The fourth-order valence-corrected chi connectivity index (χ4v) is 3.94. The Morgan fingerprint density at radius 2 is 2.03 bits per heavy atom. The van der Waals surface area contributed by atoms with Gasteiger partial charge in [0.25, 0.3) is 5.91 Å². The molecule has 0 radical (unpaired) electrons. The summed E-state index contributed by atoms with van der Waals surface area (Å²) in [5.41, 5.74) is 4.17. The van der Waals surface area contributed by atoms with Crippen molar-refractivity contribution in [3.63, 3.8) is 0 Å². The minimum absolute atomic E-state index is 0.375. The van der Waals surface area contributed by atoms with Crippen molar-refractivity contribution in [3.05, 3.63) is 54.0 Å². The molecule has 1 aromatic carbocycles. The van der Waals surface area contributed by atoms with E-state index >= 15 is 0 Å². The number of hydrogen-bond acceptors (Lipinski definition) is 8. The van der Waals surface area contributed by atoms with Gasteiger partial charge in [0.1, 0.15) is 18.2 Å². The Morgan fingerprint density at radius 3 is 2.82 bits per heavy atom. The molecule has 1 unspecified atom stereocenters. The molecule has 1 atom stereocenters. The maximum absolute atomic E-state index is 11.9. The smallest absolute Gasteiger partial charge is 0.267 e. The maximum Gasteiger partial charge on any atom is 0.267 e. The van der Waals surface area contributed by atoms with Crippen LogP contribution in [0, 0.1) is 0 Å². The van der Waals surface area contributed by atoms with Gasteiger partial charge in [-0.3, -0.25) is 14.7 Å². The van der Waals surface area contributed by atoms with Crippen LogP contribution in [0.25, 0.3) is 6.08 Å². The highest BCUT2D eigenvalue weighted by molar-refractivity contribution is 5.90. The second-order valence-corrected chi connectivity index (χ2v) is 8.41. The van der Waals surface area contributed by atoms with E-state index in [9.17, 15) is 4.79 Å². The van der Waals surface area contributed by atoms with Gasteiger partial charge in [0, 0.05) is 31.2 Å². The summed E-state index contributed by atoms with van der Waals surface area (Å²) in [4.78, 5) is 28.2. The second-order valence-electron chi connectivity index (χ2n) is 8.41. The molecule has 3 heterocycles. The zero-order valence-electron chi connectivity index (χ0n) is 19.4. The first-order valence-corrected chi connectivity index (χ1v) is 12.0. The van der Waals surface area contributed by atoms with Gasteiger partial charge >= 0.3 is 0 Å². The Kier molecular flexibility index (Phi) is 9.24. The number of benzene rings is 1. The zero-order chi connectivity index (χ0) is 23.4. The van der Waals surface area contributed by atoms with E-state index in [2.05, 4.69) is 37.8 Å². The van der Waals surface area contributed by atoms with Crippen LogP contribution in [0.4, 0.5) is 5.82 Å². The summed E-state index contributed by atoms with van der Waals surface area (Å²) in [6.07, 6.45) is 11.2. The van der Waals surface area contributed by atoms with Crippen molar-refractivity contribution in [3.8, 4) is 5.75 Å². The molecule has 182 valence electrons. The van der Waals surface area contributed by atoms with Crippen molar-refractivity contribution in [2.75, 3.05) is 38.2 Å². The van der Waals surface area contributed by atoms with E-state index in [4.69, 9.17) is 14.3 Å². The summed E-state index contributed by atoms with van der Waals surface area (Å²) in [5.74, 6) is 1.20. The van der Waals surface area contributed by atoms with Crippen LogP contribution in [0.1, 0.15) is 43.4 Å². The van der Waals surface area contributed by atoms with Crippen LogP contribution >= 0.6 is 0 Å². The number of hydrogen-bond donors (Lipinski definition) is 2. The van der Waals surface area contributed by atoms with Gasteiger partial charge in [-0.1, -0.05) is 18.2 Å². The molecule has 2 aliphatic heterocycles. The molecule has 2 saturated heterocycles. The van der Waals surface area contributed by atoms with E-state index in [1.165, 1.54) is 24.5 Å². The molecule has 0 spiro atoms. The van der Waals surface area contributed by atoms with Crippen LogP contribution in [0.15, 0.2) is 42.7 Å².